The van der Waals surface area contributed by atoms with Gasteiger partial charge in [0, 0.05) is 25.2 Å². The molecule has 0 aromatic heterocycles. The minimum atomic E-state index is -0.445. The summed E-state index contributed by atoms with van der Waals surface area (Å²) in [4.78, 5) is 11.4. The predicted octanol–water partition coefficient (Wildman–Crippen LogP) is 2.19. The number of hydrogen-bond donors (Lipinski definition) is 3. The lowest BCUT2D eigenvalue weighted by atomic mass is 10.1. The molecule has 1 amide bonds. The number of carbonyl (C=O) groups is 1. The third kappa shape index (κ3) is 9.47. The summed E-state index contributed by atoms with van der Waals surface area (Å²) in [5.41, 5.74) is -0.445. The maximum Gasteiger partial charge on any atom is 0.407 e. The molecule has 0 saturated carbocycles. The van der Waals surface area contributed by atoms with Crippen LogP contribution in [0, 0.1) is 0 Å². The average Bonchev–Trinajstić information content (AvgIpc) is 2.84. The molecule has 1 saturated heterocycles. The van der Waals surface area contributed by atoms with Crippen LogP contribution >= 0.6 is 0 Å². The number of amides is 1. The maximum atomic E-state index is 11.4. The van der Waals surface area contributed by atoms with E-state index in [9.17, 15) is 4.79 Å². The van der Waals surface area contributed by atoms with Gasteiger partial charge in [0.25, 0.3) is 0 Å². The number of rotatable bonds is 7. The molecule has 1 aliphatic rings. The highest BCUT2D eigenvalue weighted by atomic mass is 16.6. The van der Waals surface area contributed by atoms with Gasteiger partial charge in [-0.3, -0.25) is 0 Å². The van der Waals surface area contributed by atoms with Crippen molar-refractivity contribution in [2.75, 3.05) is 19.6 Å². The van der Waals surface area contributed by atoms with Crippen molar-refractivity contribution in [2.45, 2.75) is 64.6 Å². The lowest BCUT2D eigenvalue weighted by molar-refractivity contribution is 0.0534. The zero-order valence-corrected chi connectivity index (χ0v) is 13.9. The quantitative estimate of drug-likeness (QED) is 0.630. The molecular formula is C16H31N3O2. The molecule has 0 aromatic carbocycles. The van der Waals surface area contributed by atoms with Gasteiger partial charge in [-0.15, -0.1) is 0 Å². The largest absolute Gasteiger partial charge is 0.444 e. The van der Waals surface area contributed by atoms with E-state index in [1.165, 1.54) is 19.3 Å². The third-order valence-corrected chi connectivity index (χ3v) is 3.31. The van der Waals surface area contributed by atoms with Gasteiger partial charge in [0.05, 0.1) is 0 Å². The summed E-state index contributed by atoms with van der Waals surface area (Å²) >= 11 is 0. The highest BCUT2D eigenvalue weighted by Crippen LogP contribution is 2.10. The lowest BCUT2D eigenvalue weighted by Crippen LogP contribution is -2.34. The van der Waals surface area contributed by atoms with E-state index in [2.05, 4.69) is 22.9 Å². The molecule has 21 heavy (non-hydrogen) atoms. The van der Waals surface area contributed by atoms with E-state index in [-0.39, 0.29) is 6.09 Å². The predicted molar refractivity (Wildman–Crippen MR) is 86.5 cm³/mol. The van der Waals surface area contributed by atoms with E-state index >= 15 is 0 Å². The van der Waals surface area contributed by atoms with Crippen LogP contribution in [0.4, 0.5) is 4.79 Å². The summed E-state index contributed by atoms with van der Waals surface area (Å²) in [6, 6.07) is 1.18. The van der Waals surface area contributed by atoms with Gasteiger partial charge in [0.2, 0.25) is 0 Å². The zero-order valence-electron chi connectivity index (χ0n) is 13.9. The summed E-state index contributed by atoms with van der Waals surface area (Å²) < 4.78 is 5.15. The Labute approximate surface area is 128 Å². The van der Waals surface area contributed by atoms with Crippen LogP contribution in [0.2, 0.25) is 0 Å². The Kier molecular flexibility index (Phi) is 7.75. The van der Waals surface area contributed by atoms with Crippen molar-refractivity contribution in [2.24, 2.45) is 0 Å². The molecule has 0 bridgehead atoms. The van der Waals surface area contributed by atoms with Crippen LogP contribution in [0.1, 0.15) is 47.0 Å². The number of hydrogen-bond acceptors (Lipinski definition) is 4. The van der Waals surface area contributed by atoms with E-state index < -0.39 is 5.60 Å². The minimum Gasteiger partial charge on any atom is -0.444 e. The van der Waals surface area contributed by atoms with Crippen LogP contribution in [0.5, 0.6) is 0 Å². The Morgan fingerprint density at radius 1 is 1.38 bits per heavy atom. The zero-order chi connectivity index (χ0) is 15.7. The summed E-state index contributed by atoms with van der Waals surface area (Å²) in [5.74, 6) is 0. The Morgan fingerprint density at radius 3 is 2.71 bits per heavy atom. The molecule has 2 unspecified atom stereocenters. The Bertz CT molecular complexity index is 331. The molecular weight excluding hydrogens is 266 g/mol. The number of carbonyl (C=O) groups excluding carboxylic acids is 1. The molecule has 2 atom stereocenters. The molecule has 0 spiro atoms. The van der Waals surface area contributed by atoms with Crippen molar-refractivity contribution < 1.29 is 9.53 Å². The summed E-state index contributed by atoms with van der Waals surface area (Å²) in [6.45, 7) is 10.3. The standard InChI is InChI=1S/C16H31N3O2/c1-13(12-14-8-7-11-18-14)17-9-5-6-10-19-15(20)21-16(2,3)4/h5-6,13-14,17-18H,7-12H2,1-4H3,(H,19,20)/b6-5+. The maximum absolute atomic E-state index is 11.4. The SMILES string of the molecule is CC(CC1CCCN1)NC/C=C/CNC(=O)OC(C)(C)C. The second-order valence-corrected chi connectivity index (χ2v) is 6.69. The molecule has 5 nitrogen and oxygen atoms in total. The fraction of sp³-hybridized carbons (Fsp3) is 0.812. The summed E-state index contributed by atoms with van der Waals surface area (Å²) in [6.07, 6.45) is 7.37. The average molecular weight is 297 g/mol. The van der Waals surface area contributed by atoms with Gasteiger partial charge in [0.1, 0.15) is 5.60 Å². The van der Waals surface area contributed by atoms with Crippen LogP contribution in [0.25, 0.3) is 0 Å². The molecule has 0 radical (unpaired) electrons. The number of ether oxygens (including phenoxy) is 1. The Hall–Kier alpha value is -1.07. The van der Waals surface area contributed by atoms with Crippen LogP contribution in [-0.2, 0) is 4.74 Å². The highest BCUT2D eigenvalue weighted by Gasteiger charge is 2.16. The first-order valence-electron chi connectivity index (χ1n) is 7.95. The van der Waals surface area contributed by atoms with Gasteiger partial charge in [-0.1, -0.05) is 12.2 Å². The van der Waals surface area contributed by atoms with Crippen LogP contribution < -0.4 is 16.0 Å². The fourth-order valence-corrected chi connectivity index (χ4v) is 2.36. The smallest absolute Gasteiger partial charge is 0.407 e. The molecule has 0 aliphatic carbocycles. The van der Waals surface area contributed by atoms with Gasteiger partial charge < -0.3 is 20.7 Å². The normalized spacial score (nSPS) is 20.7. The first-order chi connectivity index (χ1) is 9.87. The molecule has 1 fully saturated rings. The van der Waals surface area contributed by atoms with E-state index in [0.29, 0.717) is 18.6 Å². The van der Waals surface area contributed by atoms with Gasteiger partial charge >= 0.3 is 6.09 Å². The molecule has 1 rings (SSSR count). The van der Waals surface area contributed by atoms with Gasteiger partial charge in [0.15, 0.2) is 0 Å². The van der Waals surface area contributed by atoms with Crippen molar-refractivity contribution in [1.82, 2.24) is 16.0 Å². The van der Waals surface area contributed by atoms with Gasteiger partial charge in [-0.2, -0.15) is 0 Å². The van der Waals surface area contributed by atoms with Crippen molar-refractivity contribution in [3.05, 3.63) is 12.2 Å². The van der Waals surface area contributed by atoms with Crippen molar-refractivity contribution in [1.29, 1.82) is 0 Å². The van der Waals surface area contributed by atoms with E-state index in [1.807, 2.05) is 32.9 Å². The number of alkyl carbamates (subject to hydrolysis) is 1. The van der Waals surface area contributed by atoms with Crippen molar-refractivity contribution >= 4 is 6.09 Å². The first kappa shape index (κ1) is 18.0. The highest BCUT2D eigenvalue weighted by molar-refractivity contribution is 5.67. The molecule has 0 aromatic rings. The van der Waals surface area contributed by atoms with E-state index in [1.54, 1.807) is 0 Å². The second-order valence-electron chi connectivity index (χ2n) is 6.69. The summed E-state index contributed by atoms with van der Waals surface area (Å²) in [7, 11) is 0. The molecule has 5 heteroatoms. The monoisotopic (exact) mass is 297 g/mol. The first-order valence-corrected chi connectivity index (χ1v) is 7.95. The van der Waals surface area contributed by atoms with Crippen LogP contribution in [-0.4, -0.2) is 43.4 Å². The van der Waals surface area contributed by atoms with E-state index in [4.69, 9.17) is 4.74 Å². The Morgan fingerprint density at radius 2 is 2.10 bits per heavy atom. The Balaban J connectivity index is 2.02. The topological polar surface area (TPSA) is 62.4 Å². The molecule has 1 aliphatic heterocycles. The molecule has 122 valence electrons. The summed E-state index contributed by atoms with van der Waals surface area (Å²) in [5, 5.41) is 9.68. The van der Waals surface area contributed by atoms with Crippen LogP contribution in [0.3, 0.4) is 0 Å². The lowest BCUT2D eigenvalue weighted by Gasteiger charge is -2.19. The fourth-order valence-electron chi connectivity index (χ4n) is 2.36. The van der Waals surface area contributed by atoms with Crippen molar-refractivity contribution in [3.8, 4) is 0 Å². The number of nitrogens with one attached hydrogen (secondary N) is 3. The second kappa shape index (κ2) is 9.05. The molecule has 1 heterocycles. The van der Waals surface area contributed by atoms with Crippen LogP contribution in [0.15, 0.2) is 12.2 Å². The minimum absolute atomic E-state index is 0.374. The third-order valence-electron chi connectivity index (χ3n) is 3.31. The van der Waals surface area contributed by atoms with Gasteiger partial charge in [-0.05, 0) is 53.5 Å². The van der Waals surface area contributed by atoms with Gasteiger partial charge in [-0.25, -0.2) is 4.79 Å². The molecule has 3 N–H and O–H groups in total. The van der Waals surface area contributed by atoms with E-state index in [0.717, 1.165) is 13.1 Å². The van der Waals surface area contributed by atoms with Crippen molar-refractivity contribution in [3.63, 3.8) is 0 Å².